The van der Waals surface area contributed by atoms with E-state index in [0.717, 1.165) is 10.4 Å². The molecule has 1 nitrogen and oxygen atoms in total. The van der Waals surface area contributed by atoms with Crippen molar-refractivity contribution in [3.05, 3.63) is 94.4 Å². The van der Waals surface area contributed by atoms with Gasteiger partial charge in [-0.1, -0.05) is 60.7 Å². The van der Waals surface area contributed by atoms with Crippen molar-refractivity contribution >= 4 is 15.9 Å². The summed E-state index contributed by atoms with van der Waals surface area (Å²) in [5.41, 5.74) is 2.46. The Morgan fingerprint density at radius 2 is 1.21 bits per heavy atom. The third kappa shape index (κ3) is 2.64. The molecule has 3 aromatic rings. The van der Waals surface area contributed by atoms with Crippen molar-refractivity contribution in [2.24, 2.45) is 0 Å². The lowest BCUT2D eigenvalue weighted by Crippen LogP contribution is -2.01. The summed E-state index contributed by atoms with van der Waals surface area (Å²) in [5, 5.41) is 0. The van der Waals surface area contributed by atoms with Crippen LogP contribution < -0.4 is 0 Å². The van der Waals surface area contributed by atoms with Crippen molar-refractivity contribution in [2.45, 2.75) is 5.92 Å². The minimum Gasteiger partial charge on any atom is -0.453 e. The van der Waals surface area contributed by atoms with Gasteiger partial charge in [-0.3, -0.25) is 0 Å². The zero-order valence-corrected chi connectivity index (χ0v) is 11.9. The van der Waals surface area contributed by atoms with Gasteiger partial charge in [-0.15, -0.1) is 0 Å². The molecule has 0 unspecified atom stereocenters. The summed E-state index contributed by atoms with van der Waals surface area (Å²) in [6.45, 7) is 0. The lowest BCUT2D eigenvalue weighted by molar-refractivity contribution is 0.482. The second-order valence-electron chi connectivity index (χ2n) is 4.40. The molecule has 0 atom stereocenters. The lowest BCUT2D eigenvalue weighted by atomic mass is 9.89. The van der Waals surface area contributed by atoms with Gasteiger partial charge in [0.1, 0.15) is 5.76 Å². The zero-order chi connectivity index (χ0) is 13.1. The second kappa shape index (κ2) is 5.45. The standard InChI is InChI=1S/C17H13BrO/c18-16-12-11-15(19-16)17(13-7-3-1-4-8-13)14-9-5-2-6-10-14/h1-12,17H. The summed E-state index contributed by atoms with van der Waals surface area (Å²) in [7, 11) is 0. The van der Waals surface area contributed by atoms with Crippen molar-refractivity contribution in [1.29, 1.82) is 0 Å². The Hall–Kier alpha value is -1.80. The van der Waals surface area contributed by atoms with E-state index in [2.05, 4.69) is 64.5 Å². The molecule has 1 aromatic heterocycles. The highest BCUT2D eigenvalue weighted by Gasteiger charge is 2.19. The third-order valence-electron chi connectivity index (χ3n) is 3.14. The van der Waals surface area contributed by atoms with Gasteiger partial charge in [-0.25, -0.2) is 0 Å². The van der Waals surface area contributed by atoms with E-state index in [1.165, 1.54) is 11.1 Å². The van der Waals surface area contributed by atoms with Gasteiger partial charge in [0.15, 0.2) is 4.67 Å². The molecule has 0 fully saturated rings. The first-order valence-electron chi connectivity index (χ1n) is 6.20. The van der Waals surface area contributed by atoms with E-state index in [4.69, 9.17) is 4.42 Å². The van der Waals surface area contributed by atoms with Crippen LogP contribution in [0.5, 0.6) is 0 Å². The van der Waals surface area contributed by atoms with E-state index in [0.29, 0.717) is 0 Å². The van der Waals surface area contributed by atoms with E-state index < -0.39 is 0 Å². The average Bonchev–Trinajstić information content (AvgIpc) is 2.88. The fourth-order valence-electron chi connectivity index (χ4n) is 2.30. The Kier molecular flexibility index (Phi) is 3.51. The van der Waals surface area contributed by atoms with Crippen LogP contribution in [0.1, 0.15) is 22.8 Å². The molecule has 0 N–H and O–H groups in total. The predicted octanol–water partition coefficient (Wildman–Crippen LogP) is 5.22. The maximum Gasteiger partial charge on any atom is 0.169 e. The van der Waals surface area contributed by atoms with E-state index >= 15 is 0 Å². The average molecular weight is 313 g/mol. The van der Waals surface area contributed by atoms with Crippen molar-refractivity contribution in [3.63, 3.8) is 0 Å². The van der Waals surface area contributed by atoms with E-state index in [9.17, 15) is 0 Å². The summed E-state index contributed by atoms with van der Waals surface area (Å²) in [5.74, 6) is 1.08. The Bertz CT molecular complexity index is 604. The zero-order valence-electron chi connectivity index (χ0n) is 10.3. The molecular weight excluding hydrogens is 300 g/mol. The minimum absolute atomic E-state index is 0.133. The normalized spacial score (nSPS) is 10.8. The molecule has 1 heterocycles. The molecule has 0 saturated carbocycles. The van der Waals surface area contributed by atoms with Gasteiger partial charge in [-0.05, 0) is 39.2 Å². The van der Waals surface area contributed by atoms with Crippen LogP contribution in [0.3, 0.4) is 0 Å². The van der Waals surface area contributed by atoms with Crippen LogP contribution in [-0.4, -0.2) is 0 Å². The fraction of sp³-hybridized carbons (Fsp3) is 0.0588. The summed E-state index contributed by atoms with van der Waals surface area (Å²) in [6.07, 6.45) is 0. The highest BCUT2D eigenvalue weighted by Crippen LogP contribution is 2.33. The summed E-state index contributed by atoms with van der Waals surface area (Å²) < 4.78 is 6.53. The smallest absolute Gasteiger partial charge is 0.169 e. The monoisotopic (exact) mass is 312 g/mol. The lowest BCUT2D eigenvalue weighted by Gasteiger charge is -2.15. The third-order valence-corrected chi connectivity index (χ3v) is 3.57. The SMILES string of the molecule is Brc1ccc(C(c2ccccc2)c2ccccc2)o1. The van der Waals surface area contributed by atoms with Gasteiger partial charge < -0.3 is 4.42 Å². The first-order chi connectivity index (χ1) is 9.34. The Morgan fingerprint density at radius 3 is 1.63 bits per heavy atom. The van der Waals surface area contributed by atoms with Gasteiger partial charge in [0.2, 0.25) is 0 Å². The first kappa shape index (κ1) is 12.2. The van der Waals surface area contributed by atoms with Gasteiger partial charge >= 0.3 is 0 Å². The molecule has 0 radical (unpaired) electrons. The molecule has 0 spiro atoms. The minimum atomic E-state index is 0.133. The maximum atomic E-state index is 5.77. The Balaban J connectivity index is 2.11. The summed E-state index contributed by atoms with van der Waals surface area (Å²) in [4.78, 5) is 0. The Morgan fingerprint density at radius 1 is 0.684 bits per heavy atom. The van der Waals surface area contributed by atoms with Crippen LogP contribution in [0, 0.1) is 0 Å². The van der Waals surface area contributed by atoms with Crippen LogP contribution in [0.4, 0.5) is 0 Å². The van der Waals surface area contributed by atoms with Crippen molar-refractivity contribution in [3.8, 4) is 0 Å². The van der Waals surface area contributed by atoms with E-state index in [1.807, 2.05) is 24.3 Å². The topological polar surface area (TPSA) is 13.1 Å². The first-order valence-corrected chi connectivity index (χ1v) is 6.99. The highest BCUT2D eigenvalue weighted by atomic mass is 79.9. The molecule has 19 heavy (non-hydrogen) atoms. The quantitative estimate of drug-likeness (QED) is 0.646. The van der Waals surface area contributed by atoms with Crippen LogP contribution in [0.2, 0.25) is 0 Å². The number of halogens is 1. The Labute approximate surface area is 121 Å². The molecular formula is C17H13BrO. The van der Waals surface area contributed by atoms with Crippen molar-refractivity contribution in [2.75, 3.05) is 0 Å². The molecule has 2 aromatic carbocycles. The van der Waals surface area contributed by atoms with Crippen LogP contribution in [0.15, 0.2) is 81.9 Å². The number of furan rings is 1. The molecule has 94 valence electrons. The number of rotatable bonds is 3. The van der Waals surface area contributed by atoms with Crippen LogP contribution in [-0.2, 0) is 0 Å². The van der Waals surface area contributed by atoms with Gasteiger partial charge in [0, 0.05) is 0 Å². The number of hydrogen-bond acceptors (Lipinski definition) is 1. The van der Waals surface area contributed by atoms with Crippen LogP contribution in [0.25, 0.3) is 0 Å². The van der Waals surface area contributed by atoms with E-state index in [-0.39, 0.29) is 5.92 Å². The number of hydrogen-bond donors (Lipinski definition) is 0. The molecule has 0 aliphatic rings. The highest BCUT2D eigenvalue weighted by molar-refractivity contribution is 9.10. The van der Waals surface area contributed by atoms with Crippen LogP contribution >= 0.6 is 15.9 Å². The maximum absolute atomic E-state index is 5.77. The largest absolute Gasteiger partial charge is 0.453 e. The summed E-state index contributed by atoms with van der Waals surface area (Å²) in [6, 6.07) is 24.8. The molecule has 0 bridgehead atoms. The molecule has 0 aliphatic heterocycles. The van der Waals surface area contributed by atoms with Gasteiger partial charge in [0.05, 0.1) is 5.92 Å². The molecule has 2 heteroatoms. The van der Waals surface area contributed by atoms with Crippen molar-refractivity contribution < 1.29 is 4.42 Å². The molecule has 0 amide bonds. The molecule has 3 rings (SSSR count). The molecule has 0 aliphatic carbocycles. The predicted molar refractivity (Wildman–Crippen MR) is 80.2 cm³/mol. The van der Waals surface area contributed by atoms with Gasteiger partial charge in [0.25, 0.3) is 0 Å². The van der Waals surface area contributed by atoms with Gasteiger partial charge in [-0.2, -0.15) is 0 Å². The fourth-order valence-corrected chi connectivity index (χ4v) is 2.61. The number of benzene rings is 2. The van der Waals surface area contributed by atoms with E-state index in [1.54, 1.807) is 0 Å². The summed E-state index contributed by atoms with van der Waals surface area (Å²) >= 11 is 3.38. The second-order valence-corrected chi connectivity index (χ2v) is 5.18. The molecule has 0 saturated heterocycles. The van der Waals surface area contributed by atoms with Crippen molar-refractivity contribution in [1.82, 2.24) is 0 Å².